The molecule has 1 atom stereocenters. The molecule has 0 aromatic heterocycles. The summed E-state index contributed by atoms with van der Waals surface area (Å²) in [5.41, 5.74) is 6.51. The smallest absolute Gasteiger partial charge is 0.251 e. The van der Waals surface area contributed by atoms with Gasteiger partial charge in [-0.1, -0.05) is 0 Å². The number of hydrogen-bond donors (Lipinski definition) is 2. The highest BCUT2D eigenvalue weighted by Gasteiger charge is 2.28. The molecule has 1 aromatic rings. The number of hydrogen-bond acceptors (Lipinski definition) is 4. The largest absolute Gasteiger partial charge is 0.454 e. The maximum Gasteiger partial charge on any atom is 0.251 e. The molecule has 1 amide bonds. The first-order chi connectivity index (χ1) is 8.74. The Kier molecular flexibility index (Phi) is 2.83. The maximum absolute atomic E-state index is 11.9. The van der Waals surface area contributed by atoms with Gasteiger partial charge in [0, 0.05) is 18.2 Å². The lowest BCUT2D eigenvalue weighted by Gasteiger charge is -2.11. The fourth-order valence-electron chi connectivity index (χ4n) is 2.04. The summed E-state index contributed by atoms with van der Waals surface area (Å²) < 4.78 is 10.4. The normalized spacial score (nSPS) is 18.5. The Balaban J connectivity index is 1.61. The van der Waals surface area contributed by atoms with Crippen molar-refractivity contribution in [3.63, 3.8) is 0 Å². The van der Waals surface area contributed by atoms with E-state index in [-0.39, 0.29) is 18.7 Å². The van der Waals surface area contributed by atoms with E-state index in [1.165, 1.54) is 12.8 Å². The van der Waals surface area contributed by atoms with E-state index in [9.17, 15) is 4.79 Å². The fraction of sp³-hybridized carbons (Fsp3) is 0.462. The monoisotopic (exact) mass is 248 g/mol. The molecule has 1 unspecified atom stereocenters. The molecule has 1 aliphatic carbocycles. The number of carbonyl (C=O) groups is 1. The first-order valence-corrected chi connectivity index (χ1v) is 6.17. The summed E-state index contributed by atoms with van der Waals surface area (Å²) in [6.07, 6.45) is 2.36. The molecule has 3 rings (SSSR count). The predicted octanol–water partition coefficient (Wildman–Crippen LogP) is 0.882. The fourth-order valence-corrected chi connectivity index (χ4v) is 2.04. The summed E-state index contributed by atoms with van der Waals surface area (Å²) in [6, 6.07) is 5.24. The topological polar surface area (TPSA) is 73.6 Å². The molecule has 3 N–H and O–H groups in total. The molecule has 1 saturated carbocycles. The van der Waals surface area contributed by atoms with Gasteiger partial charge in [-0.3, -0.25) is 4.79 Å². The summed E-state index contributed by atoms with van der Waals surface area (Å²) in [4.78, 5) is 11.9. The zero-order chi connectivity index (χ0) is 12.5. The van der Waals surface area contributed by atoms with Crippen molar-refractivity contribution >= 4 is 5.91 Å². The van der Waals surface area contributed by atoms with Gasteiger partial charge in [-0.25, -0.2) is 0 Å². The highest BCUT2D eigenvalue weighted by atomic mass is 16.7. The second-order valence-electron chi connectivity index (χ2n) is 4.78. The van der Waals surface area contributed by atoms with Gasteiger partial charge in [-0.05, 0) is 37.0 Å². The van der Waals surface area contributed by atoms with Crippen LogP contribution in [0.1, 0.15) is 23.2 Å². The molecule has 0 spiro atoms. The Morgan fingerprint density at radius 3 is 2.94 bits per heavy atom. The Bertz CT molecular complexity index is 471. The van der Waals surface area contributed by atoms with Crippen LogP contribution in [0.5, 0.6) is 11.5 Å². The van der Waals surface area contributed by atoms with Crippen LogP contribution < -0.4 is 20.5 Å². The summed E-state index contributed by atoms with van der Waals surface area (Å²) in [6.45, 7) is 0.741. The number of amides is 1. The van der Waals surface area contributed by atoms with Gasteiger partial charge in [-0.15, -0.1) is 0 Å². The Morgan fingerprint density at radius 2 is 2.17 bits per heavy atom. The van der Waals surface area contributed by atoms with Crippen molar-refractivity contribution in [2.75, 3.05) is 13.3 Å². The van der Waals surface area contributed by atoms with Gasteiger partial charge in [0.1, 0.15) is 0 Å². The number of rotatable bonds is 4. The van der Waals surface area contributed by atoms with Crippen LogP contribution in [-0.4, -0.2) is 25.3 Å². The van der Waals surface area contributed by atoms with Crippen LogP contribution in [0.4, 0.5) is 0 Å². The average Bonchev–Trinajstić information content (AvgIpc) is 3.13. The van der Waals surface area contributed by atoms with Crippen molar-refractivity contribution in [2.24, 2.45) is 11.7 Å². The second kappa shape index (κ2) is 4.49. The molecule has 1 aromatic carbocycles. The van der Waals surface area contributed by atoms with Gasteiger partial charge < -0.3 is 20.5 Å². The maximum atomic E-state index is 11.9. The third-order valence-corrected chi connectivity index (χ3v) is 3.36. The van der Waals surface area contributed by atoms with E-state index in [2.05, 4.69) is 5.32 Å². The molecule has 1 fully saturated rings. The van der Waals surface area contributed by atoms with Crippen molar-refractivity contribution in [3.05, 3.63) is 23.8 Å². The van der Waals surface area contributed by atoms with Crippen LogP contribution in [0.2, 0.25) is 0 Å². The van der Waals surface area contributed by atoms with E-state index >= 15 is 0 Å². The SMILES string of the molecule is NC(CNC(=O)c1ccc2c(c1)OCO2)C1CC1. The number of nitrogens with two attached hydrogens (primary N) is 1. The Hall–Kier alpha value is -1.75. The molecule has 5 heteroatoms. The zero-order valence-electron chi connectivity index (χ0n) is 10.0. The number of fused-ring (bicyclic) bond motifs is 1. The van der Waals surface area contributed by atoms with Gasteiger partial charge >= 0.3 is 0 Å². The van der Waals surface area contributed by atoms with E-state index < -0.39 is 0 Å². The average molecular weight is 248 g/mol. The molecule has 5 nitrogen and oxygen atoms in total. The number of ether oxygens (including phenoxy) is 2. The minimum Gasteiger partial charge on any atom is -0.454 e. The first-order valence-electron chi connectivity index (χ1n) is 6.17. The van der Waals surface area contributed by atoms with Gasteiger partial charge in [0.2, 0.25) is 6.79 Å². The summed E-state index contributed by atoms with van der Waals surface area (Å²) in [7, 11) is 0. The van der Waals surface area contributed by atoms with E-state index in [1.807, 2.05) is 0 Å². The number of benzene rings is 1. The van der Waals surface area contributed by atoms with E-state index in [4.69, 9.17) is 15.2 Å². The van der Waals surface area contributed by atoms with E-state index in [1.54, 1.807) is 18.2 Å². The van der Waals surface area contributed by atoms with Crippen molar-refractivity contribution in [3.8, 4) is 11.5 Å². The first kappa shape index (κ1) is 11.3. The molecule has 0 bridgehead atoms. The highest BCUT2D eigenvalue weighted by Crippen LogP contribution is 2.33. The summed E-state index contributed by atoms with van der Waals surface area (Å²) in [5.74, 6) is 1.77. The standard InChI is InChI=1S/C13H16N2O3/c14-10(8-1-2-8)6-15-13(16)9-3-4-11-12(5-9)18-7-17-11/h3-5,8,10H,1-2,6-7,14H2,(H,15,16). The Morgan fingerprint density at radius 1 is 1.39 bits per heavy atom. The molecule has 0 saturated heterocycles. The summed E-state index contributed by atoms with van der Waals surface area (Å²) in [5, 5.41) is 2.85. The highest BCUT2D eigenvalue weighted by molar-refractivity contribution is 5.94. The van der Waals surface area contributed by atoms with Crippen LogP contribution in [0.15, 0.2) is 18.2 Å². The molecule has 18 heavy (non-hydrogen) atoms. The van der Waals surface area contributed by atoms with Gasteiger partial charge in [0.05, 0.1) is 0 Å². The van der Waals surface area contributed by atoms with E-state index in [0.717, 1.165) is 0 Å². The summed E-state index contributed by atoms with van der Waals surface area (Å²) >= 11 is 0. The van der Waals surface area contributed by atoms with Gasteiger partial charge in [0.25, 0.3) is 5.91 Å². The lowest BCUT2D eigenvalue weighted by Crippen LogP contribution is -2.38. The minimum absolute atomic E-state index is 0.0722. The third kappa shape index (κ3) is 2.26. The Labute approximate surface area is 105 Å². The molecule has 1 heterocycles. The van der Waals surface area contributed by atoms with Crippen molar-refractivity contribution in [2.45, 2.75) is 18.9 Å². The van der Waals surface area contributed by atoms with Crippen LogP contribution in [0.3, 0.4) is 0 Å². The number of carbonyl (C=O) groups excluding carboxylic acids is 1. The zero-order valence-corrected chi connectivity index (χ0v) is 10.0. The quantitative estimate of drug-likeness (QED) is 0.829. The van der Waals surface area contributed by atoms with Crippen molar-refractivity contribution in [1.82, 2.24) is 5.32 Å². The lowest BCUT2D eigenvalue weighted by atomic mass is 10.1. The van der Waals surface area contributed by atoms with E-state index in [0.29, 0.717) is 29.5 Å². The lowest BCUT2D eigenvalue weighted by molar-refractivity contribution is 0.0950. The molecular weight excluding hydrogens is 232 g/mol. The minimum atomic E-state index is -0.121. The van der Waals surface area contributed by atoms with Crippen LogP contribution in [0.25, 0.3) is 0 Å². The second-order valence-corrected chi connectivity index (χ2v) is 4.78. The number of nitrogens with one attached hydrogen (secondary N) is 1. The van der Waals surface area contributed by atoms with Crippen LogP contribution >= 0.6 is 0 Å². The van der Waals surface area contributed by atoms with Gasteiger partial charge in [0.15, 0.2) is 11.5 Å². The molecule has 2 aliphatic rings. The predicted molar refractivity (Wildman–Crippen MR) is 65.6 cm³/mol. The van der Waals surface area contributed by atoms with Crippen LogP contribution in [0, 0.1) is 5.92 Å². The molecular formula is C13H16N2O3. The van der Waals surface area contributed by atoms with Crippen molar-refractivity contribution < 1.29 is 14.3 Å². The molecule has 0 radical (unpaired) electrons. The third-order valence-electron chi connectivity index (χ3n) is 3.36. The molecule has 1 aliphatic heterocycles. The van der Waals surface area contributed by atoms with Gasteiger partial charge in [-0.2, -0.15) is 0 Å². The molecule has 96 valence electrons. The van der Waals surface area contributed by atoms with Crippen molar-refractivity contribution in [1.29, 1.82) is 0 Å². The van der Waals surface area contributed by atoms with Crippen LogP contribution in [-0.2, 0) is 0 Å².